The lowest BCUT2D eigenvalue weighted by atomic mass is 10.1. The Kier molecular flexibility index (Phi) is 4.29. The molecule has 0 unspecified atom stereocenters. The maximum atomic E-state index is 12.5. The molecule has 0 aliphatic carbocycles. The van der Waals surface area contributed by atoms with Gasteiger partial charge in [0.2, 0.25) is 0 Å². The SMILES string of the molecule is CCN(Cc1ccccc1)C(=O)c1ccncc1C. The average Bonchev–Trinajstić information content (AvgIpc) is 2.46. The van der Waals surface area contributed by atoms with Crippen molar-refractivity contribution in [1.82, 2.24) is 9.88 Å². The molecule has 1 aromatic carbocycles. The number of amides is 1. The van der Waals surface area contributed by atoms with Gasteiger partial charge in [0.1, 0.15) is 0 Å². The standard InChI is InChI=1S/C16H18N2O/c1-3-18(12-14-7-5-4-6-8-14)16(19)15-9-10-17-11-13(15)2/h4-11H,3,12H2,1-2H3. The van der Waals surface area contributed by atoms with Crippen LogP contribution in [0.4, 0.5) is 0 Å². The van der Waals surface area contributed by atoms with Crippen LogP contribution >= 0.6 is 0 Å². The monoisotopic (exact) mass is 254 g/mol. The van der Waals surface area contributed by atoms with Crippen molar-refractivity contribution in [2.45, 2.75) is 20.4 Å². The number of aryl methyl sites for hydroxylation is 1. The van der Waals surface area contributed by atoms with Gasteiger partial charge in [-0.2, -0.15) is 0 Å². The van der Waals surface area contributed by atoms with Crippen LogP contribution in [0.2, 0.25) is 0 Å². The first-order valence-corrected chi connectivity index (χ1v) is 6.46. The molecule has 0 N–H and O–H groups in total. The van der Waals surface area contributed by atoms with E-state index in [1.165, 1.54) is 0 Å². The first-order chi connectivity index (χ1) is 9.22. The first kappa shape index (κ1) is 13.3. The van der Waals surface area contributed by atoms with E-state index in [1.54, 1.807) is 18.5 Å². The molecule has 2 aromatic rings. The van der Waals surface area contributed by atoms with E-state index < -0.39 is 0 Å². The van der Waals surface area contributed by atoms with Crippen LogP contribution in [0.25, 0.3) is 0 Å². The molecule has 0 bridgehead atoms. The second kappa shape index (κ2) is 6.14. The van der Waals surface area contributed by atoms with Crippen LogP contribution in [0.3, 0.4) is 0 Å². The average molecular weight is 254 g/mol. The lowest BCUT2D eigenvalue weighted by Crippen LogP contribution is -2.30. The number of hydrogen-bond donors (Lipinski definition) is 0. The van der Waals surface area contributed by atoms with Gasteiger partial charge in [-0.15, -0.1) is 0 Å². The number of hydrogen-bond acceptors (Lipinski definition) is 2. The zero-order valence-electron chi connectivity index (χ0n) is 11.3. The summed E-state index contributed by atoms with van der Waals surface area (Å²) in [5, 5.41) is 0. The summed E-state index contributed by atoms with van der Waals surface area (Å²) in [6.07, 6.45) is 3.39. The van der Waals surface area contributed by atoms with Crippen LogP contribution < -0.4 is 0 Å². The highest BCUT2D eigenvalue weighted by molar-refractivity contribution is 5.95. The molecule has 1 amide bonds. The third kappa shape index (κ3) is 3.19. The largest absolute Gasteiger partial charge is 0.335 e. The van der Waals surface area contributed by atoms with E-state index in [0.29, 0.717) is 13.1 Å². The van der Waals surface area contributed by atoms with Crippen molar-refractivity contribution < 1.29 is 4.79 Å². The Morgan fingerprint density at radius 2 is 1.95 bits per heavy atom. The Balaban J connectivity index is 2.18. The fourth-order valence-electron chi connectivity index (χ4n) is 2.01. The topological polar surface area (TPSA) is 33.2 Å². The molecule has 0 atom stereocenters. The van der Waals surface area contributed by atoms with E-state index in [2.05, 4.69) is 4.98 Å². The van der Waals surface area contributed by atoms with Crippen LogP contribution in [0, 0.1) is 6.92 Å². The summed E-state index contributed by atoms with van der Waals surface area (Å²) in [7, 11) is 0. The Hall–Kier alpha value is -2.16. The van der Waals surface area contributed by atoms with Crippen molar-refractivity contribution in [2.24, 2.45) is 0 Å². The van der Waals surface area contributed by atoms with Crippen LogP contribution in [0.15, 0.2) is 48.8 Å². The van der Waals surface area contributed by atoms with Gasteiger partial charge >= 0.3 is 0 Å². The first-order valence-electron chi connectivity index (χ1n) is 6.46. The lowest BCUT2D eigenvalue weighted by Gasteiger charge is -2.21. The Morgan fingerprint density at radius 1 is 1.21 bits per heavy atom. The zero-order chi connectivity index (χ0) is 13.7. The summed E-state index contributed by atoms with van der Waals surface area (Å²) >= 11 is 0. The van der Waals surface area contributed by atoms with Crippen molar-refractivity contribution in [3.8, 4) is 0 Å². The molecule has 0 radical (unpaired) electrons. The molecule has 0 saturated carbocycles. The summed E-state index contributed by atoms with van der Waals surface area (Å²) in [6, 6.07) is 11.8. The lowest BCUT2D eigenvalue weighted by molar-refractivity contribution is 0.0751. The minimum absolute atomic E-state index is 0.0613. The van der Waals surface area contributed by atoms with Crippen molar-refractivity contribution in [3.05, 3.63) is 65.5 Å². The van der Waals surface area contributed by atoms with E-state index in [0.717, 1.165) is 16.7 Å². The summed E-state index contributed by atoms with van der Waals surface area (Å²) in [4.78, 5) is 18.4. The number of carbonyl (C=O) groups is 1. The molecular formula is C16H18N2O. The number of nitrogens with zero attached hydrogens (tertiary/aromatic N) is 2. The van der Waals surface area contributed by atoms with Crippen molar-refractivity contribution in [2.75, 3.05) is 6.54 Å². The molecule has 1 aromatic heterocycles. The van der Waals surface area contributed by atoms with Crippen LogP contribution in [0.1, 0.15) is 28.4 Å². The van der Waals surface area contributed by atoms with Gasteiger partial charge in [-0.05, 0) is 31.0 Å². The number of carbonyl (C=O) groups excluding carboxylic acids is 1. The molecule has 2 rings (SSSR count). The Bertz CT molecular complexity index is 552. The summed E-state index contributed by atoms with van der Waals surface area (Å²) in [5.41, 5.74) is 2.79. The Morgan fingerprint density at radius 3 is 2.58 bits per heavy atom. The molecule has 19 heavy (non-hydrogen) atoms. The van der Waals surface area contributed by atoms with E-state index in [4.69, 9.17) is 0 Å². The van der Waals surface area contributed by atoms with Crippen LogP contribution in [-0.4, -0.2) is 22.3 Å². The zero-order valence-corrected chi connectivity index (χ0v) is 11.3. The highest BCUT2D eigenvalue weighted by Gasteiger charge is 2.16. The smallest absolute Gasteiger partial charge is 0.254 e. The maximum absolute atomic E-state index is 12.5. The van der Waals surface area contributed by atoms with Crippen molar-refractivity contribution in [1.29, 1.82) is 0 Å². The number of rotatable bonds is 4. The molecule has 3 heteroatoms. The molecule has 98 valence electrons. The summed E-state index contributed by atoms with van der Waals surface area (Å²) in [5.74, 6) is 0.0613. The Labute approximate surface area is 113 Å². The van der Waals surface area contributed by atoms with Crippen molar-refractivity contribution in [3.63, 3.8) is 0 Å². The molecule has 0 fully saturated rings. The molecule has 3 nitrogen and oxygen atoms in total. The second-order valence-corrected chi connectivity index (χ2v) is 4.50. The fourth-order valence-corrected chi connectivity index (χ4v) is 2.01. The number of benzene rings is 1. The van der Waals surface area contributed by atoms with Gasteiger partial charge in [-0.1, -0.05) is 30.3 Å². The fraction of sp³-hybridized carbons (Fsp3) is 0.250. The third-order valence-electron chi connectivity index (χ3n) is 3.14. The van der Waals surface area contributed by atoms with Gasteiger partial charge in [0.25, 0.3) is 5.91 Å². The predicted molar refractivity (Wildman–Crippen MR) is 75.8 cm³/mol. The molecule has 0 spiro atoms. The predicted octanol–water partition coefficient (Wildman–Crippen LogP) is 3.05. The summed E-state index contributed by atoms with van der Waals surface area (Å²) < 4.78 is 0. The van der Waals surface area contributed by atoms with E-state index in [9.17, 15) is 4.79 Å². The highest BCUT2D eigenvalue weighted by Crippen LogP contribution is 2.12. The van der Waals surface area contributed by atoms with Gasteiger partial charge in [0, 0.05) is 31.0 Å². The van der Waals surface area contributed by atoms with E-state index >= 15 is 0 Å². The van der Waals surface area contributed by atoms with Gasteiger partial charge in [-0.25, -0.2) is 0 Å². The maximum Gasteiger partial charge on any atom is 0.254 e. The van der Waals surface area contributed by atoms with Gasteiger partial charge in [0.05, 0.1) is 0 Å². The third-order valence-corrected chi connectivity index (χ3v) is 3.14. The molecule has 1 heterocycles. The molecule has 0 saturated heterocycles. The minimum Gasteiger partial charge on any atom is -0.335 e. The molecule has 0 aliphatic rings. The molecule has 0 aliphatic heterocycles. The number of aromatic nitrogens is 1. The van der Waals surface area contributed by atoms with Gasteiger partial charge in [-0.3, -0.25) is 9.78 Å². The van der Waals surface area contributed by atoms with E-state index in [-0.39, 0.29) is 5.91 Å². The van der Waals surface area contributed by atoms with Crippen molar-refractivity contribution >= 4 is 5.91 Å². The van der Waals surface area contributed by atoms with Gasteiger partial charge < -0.3 is 4.90 Å². The van der Waals surface area contributed by atoms with E-state index in [1.807, 2.05) is 49.1 Å². The van der Waals surface area contributed by atoms with Crippen LogP contribution in [0.5, 0.6) is 0 Å². The van der Waals surface area contributed by atoms with Gasteiger partial charge in [0.15, 0.2) is 0 Å². The van der Waals surface area contributed by atoms with Crippen LogP contribution in [-0.2, 0) is 6.54 Å². The summed E-state index contributed by atoms with van der Waals surface area (Å²) in [6.45, 7) is 5.24. The number of pyridine rings is 1. The normalized spacial score (nSPS) is 10.2. The minimum atomic E-state index is 0.0613. The quantitative estimate of drug-likeness (QED) is 0.840. The molecular weight excluding hydrogens is 236 g/mol. The highest BCUT2D eigenvalue weighted by atomic mass is 16.2. The second-order valence-electron chi connectivity index (χ2n) is 4.50.